The first-order chi connectivity index (χ1) is 10.1. The summed E-state index contributed by atoms with van der Waals surface area (Å²) in [4.78, 5) is 27.6. The van der Waals surface area contributed by atoms with Gasteiger partial charge >= 0.3 is 5.97 Å². The molecule has 0 radical (unpaired) electrons. The lowest BCUT2D eigenvalue weighted by molar-refractivity contribution is -0.143. The molecule has 1 amide bonds. The molecule has 0 spiro atoms. The number of aryl methyl sites for hydroxylation is 2. The first-order valence-corrected chi connectivity index (χ1v) is 8.60. The van der Waals surface area contributed by atoms with Gasteiger partial charge in [0.2, 0.25) is 0 Å². The fourth-order valence-electron chi connectivity index (χ4n) is 3.26. The van der Waals surface area contributed by atoms with Gasteiger partial charge in [-0.15, -0.1) is 11.3 Å². The first-order valence-electron chi connectivity index (χ1n) is 7.79. The van der Waals surface area contributed by atoms with Crippen LogP contribution in [0.15, 0.2) is 6.07 Å². The monoisotopic (exact) mass is 307 g/mol. The van der Waals surface area contributed by atoms with Crippen LogP contribution < -0.4 is 0 Å². The number of likely N-dealkylation sites (tertiary alicyclic amines) is 1. The van der Waals surface area contributed by atoms with Gasteiger partial charge in [-0.3, -0.25) is 9.59 Å². The molecule has 0 saturated carbocycles. The van der Waals surface area contributed by atoms with E-state index in [9.17, 15) is 9.59 Å². The number of aliphatic carboxylic acids is 1. The van der Waals surface area contributed by atoms with Gasteiger partial charge in [0.1, 0.15) is 0 Å². The van der Waals surface area contributed by atoms with Gasteiger partial charge in [0.05, 0.1) is 10.8 Å². The van der Waals surface area contributed by atoms with Gasteiger partial charge in [-0.05, 0) is 50.2 Å². The van der Waals surface area contributed by atoms with Crippen molar-refractivity contribution in [1.29, 1.82) is 0 Å². The third-order valence-corrected chi connectivity index (χ3v) is 5.81. The second-order valence-electron chi connectivity index (χ2n) is 6.02. The molecule has 0 unspecified atom stereocenters. The molecule has 1 aliphatic carbocycles. The molecule has 5 heteroatoms. The summed E-state index contributed by atoms with van der Waals surface area (Å²) in [6, 6.07) is 2.08. The molecule has 3 rings (SSSR count). The van der Waals surface area contributed by atoms with Crippen LogP contribution in [0.1, 0.15) is 52.2 Å². The van der Waals surface area contributed by atoms with E-state index in [4.69, 9.17) is 5.11 Å². The number of carbonyl (C=O) groups excluding carboxylic acids is 1. The maximum Gasteiger partial charge on any atom is 0.306 e. The summed E-state index contributed by atoms with van der Waals surface area (Å²) in [6.07, 6.45) is 7.09. The third-order valence-electron chi connectivity index (χ3n) is 4.59. The molecule has 1 saturated heterocycles. The van der Waals surface area contributed by atoms with Crippen LogP contribution in [0.5, 0.6) is 0 Å². The molecule has 21 heavy (non-hydrogen) atoms. The Kier molecular flexibility index (Phi) is 4.29. The zero-order valence-corrected chi connectivity index (χ0v) is 13.0. The van der Waals surface area contributed by atoms with Gasteiger partial charge in [-0.25, -0.2) is 0 Å². The Balaban J connectivity index is 1.67. The van der Waals surface area contributed by atoms with E-state index in [0.717, 1.165) is 17.7 Å². The molecule has 1 fully saturated rings. The molecule has 2 aliphatic rings. The molecule has 0 atom stereocenters. The molecule has 0 aromatic carbocycles. The summed E-state index contributed by atoms with van der Waals surface area (Å²) < 4.78 is 0. The van der Waals surface area contributed by atoms with Gasteiger partial charge in [0.25, 0.3) is 5.91 Å². The standard InChI is InChI=1S/C16H21NO3S/c18-15(17-8-6-11(7-9-17)16(19)20)14-10-12-4-2-1-3-5-13(12)21-14/h10-11H,1-9H2,(H,19,20). The Morgan fingerprint density at radius 2 is 1.86 bits per heavy atom. The maximum atomic E-state index is 12.6. The highest BCUT2D eigenvalue weighted by molar-refractivity contribution is 7.14. The predicted molar refractivity (Wildman–Crippen MR) is 81.8 cm³/mol. The average molecular weight is 307 g/mol. The summed E-state index contributed by atoms with van der Waals surface area (Å²) in [6.45, 7) is 1.14. The van der Waals surface area contributed by atoms with Gasteiger partial charge in [-0.2, -0.15) is 0 Å². The fourth-order valence-corrected chi connectivity index (χ4v) is 4.48. The van der Waals surface area contributed by atoms with Crippen LogP contribution in [0.25, 0.3) is 0 Å². The van der Waals surface area contributed by atoms with Gasteiger partial charge in [-0.1, -0.05) is 6.42 Å². The highest BCUT2D eigenvalue weighted by Crippen LogP contribution is 2.30. The number of carboxylic acid groups (broad SMARTS) is 1. The van der Waals surface area contributed by atoms with Gasteiger partial charge in [0.15, 0.2) is 0 Å². The average Bonchev–Trinajstić information content (AvgIpc) is 2.77. The Hall–Kier alpha value is -1.36. The Bertz CT molecular complexity index is 520. The lowest BCUT2D eigenvalue weighted by Crippen LogP contribution is -2.39. The van der Waals surface area contributed by atoms with Crippen molar-refractivity contribution in [1.82, 2.24) is 4.90 Å². The van der Waals surface area contributed by atoms with Crippen molar-refractivity contribution < 1.29 is 14.7 Å². The molecule has 1 aromatic rings. The maximum absolute atomic E-state index is 12.6. The predicted octanol–water partition coefficient (Wildman–Crippen LogP) is 2.95. The summed E-state index contributed by atoms with van der Waals surface area (Å²) in [5.74, 6) is -0.920. The van der Waals surface area contributed by atoms with Crippen molar-refractivity contribution >= 4 is 23.2 Å². The number of fused-ring (bicyclic) bond motifs is 1. The SMILES string of the molecule is O=C(O)C1CCN(C(=O)c2cc3c(s2)CCCCC3)CC1. The highest BCUT2D eigenvalue weighted by atomic mass is 32.1. The number of hydrogen-bond donors (Lipinski definition) is 1. The Labute approximate surface area is 128 Å². The van der Waals surface area contributed by atoms with Gasteiger partial charge in [0, 0.05) is 18.0 Å². The van der Waals surface area contributed by atoms with Crippen molar-refractivity contribution in [2.75, 3.05) is 13.1 Å². The van der Waals surface area contributed by atoms with Crippen molar-refractivity contribution in [2.24, 2.45) is 5.92 Å². The summed E-state index contributed by atoms with van der Waals surface area (Å²) in [7, 11) is 0. The molecule has 1 aliphatic heterocycles. The summed E-state index contributed by atoms with van der Waals surface area (Å²) in [5.41, 5.74) is 1.36. The second kappa shape index (κ2) is 6.18. The van der Waals surface area contributed by atoms with E-state index in [1.807, 2.05) is 4.90 Å². The number of carbonyl (C=O) groups is 2. The molecule has 2 heterocycles. The molecule has 1 N–H and O–H groups in total. The Morgan fingerprint density at radius 3 is 2.57 bits per heavy atom. The summed E-state index contributed by atoms with van der Waals surface area (Å²) in [5, 5.41) is 9.02. The largest absolute Gasteiger partial charge is 0.481 e. The topological polar surface area (TPSA) is 57.6 Å². The number of amides is 1. The summed E-state index contributed by atoms with van der Waals surface area (Å²) >= 11 is 1.65. The first kappa shape index (κ1) is 14.6. The molecular formula is C16H21NO3S. The van der Waals surface area contributed by atoms with Crippen LogP contribution in [0, 0.1) is 5.92 Å². The molecular weight excluding hydrogens is 286 g/mol. The molecule has 4 nitrogen and oxygen atoms in total. The van der Waals surface area contributed by atoms with E-state index in [1.165, 1.54) is 29.7 Å². The van der Waals surface area contributed by atoms with Crippen LogP contribution in [0.4, 0.5) is 0 Å². The van der Waals surface area contributed by atoms with E-state index in [2.05, 4.69) is 6.07 Å². The number of piperidine rings is 1. The van der Waals surface area contributed by atoms with Crippen LogP contribution in [-0.2, 0) is 17.6 Å². The Morgan fingerprint density at radius 1 is 1.14 bits per heavy atom. The number of hydrogen-bond acceptors (Lipinski definition) is 3. The minimum Gasteiger partial charge on any atom is -0.481 e. The highest BCUT2D eigenvalue weighted by Gasteiger charge is 2.28. The van der Waals surface area contributed by atoms with E-state index in [0.29, 0.717) is 25.9 Å². The van der Waals surface area contributed by atoms with E-state index < -0.39 is 5.97 Å². The lowest BCUT2D eigenvalue weighted by atomic mass is 9.97. The van der Waals surface area contributed by atoms with Crippen LogP contribution in [0.2, 0.25) is 0 Å². The second-order valence-corrected chi connectivity index (χ2v) is 7.16. The zero-order valence-electron chi connectivity index (χ0n) is 12.1. The van der Waals surface area contributed by atoms with E-state index in [-0.39, 0.29) is 11.8 Å². The van der Waals surface area contributed by atoms with Crippen LogP contribution in [0.3, 0.4) is 0 Å². The number of nitrogens with zero attached hydrogens (tertiary/aromatic N) is 1. The normalized spacial score (nSPS) is 19.9. The van der Waals surface area contributed by atoms with Gasteiger partial charge < -0.3 is 10.0 Å². The van der Waals surface area contributed by atoms with Crippen LogP contribution in [-0.4, -0.2) is 35.0 Å². The van der Waals surface area contributed by atoms with Crippen molar-refractivity contribution in [3.05, 3.63) is 21.4 Å². The van der Waals surface area contributed by atoms with E-state index in [1.54, 1.807) is 11.3 Å². The van der Waals surface area contributed by atoms with Crippen molar-refractivity contribution in [2.45, 2.75) is 44.9 Å². The molecule has 114 valence electrons. The minimum atomic E-state index is -0.732. The molecule has 0 bridgehead atoms. The number of thiophene rings is 1. The lowest BCUT2D eigenvalue weighted by Gasteiger charge is -2.29. The minimum absolute atomic E-state index is 0.0944. The fraction of sp³-hybridized carbons (Fsp3) is 0.625. The zero-order chi connectivity index (χ0) is 14.8. The van der Waals surface area contributed by atoms with E-state index >= 15 is 0 Å². The molecule has 1 aromatic heterocycles. The van der Waals surface area contributed by atoms with Crippen LogP contribution >= 0.6 is 11.3 Å². The quantitative estimate of drug-likeness (QED) is 0.855. The van der Waals surface area contributed by atoms with Crippen molar-refractivity contribution in [3.63, 3.8) is 0 Å². The smallest absolute Gasteiger partial charge is 0.306 e. The third kappa shape index (κ3) is 3.12. The number of rotatable bonds is 2. The number of carboxylic acids is 1. The van der Waals surface area contributed by atoms with Crippen molar-refractivity contribution in [3.8, 4) is 0 Å².